The number of carbonyl (C=O) groups is 1. The average Bonchev–Trinajstić information content (AvgIpc) is 2.25. The molecule has 0 saturated heterocycles. The van der Waals surface area contributed by atoms with Gasteiger partial charge in [-0.1, -0.05) is 13.8 Å². The summed E-state index contributed by atoms with van der Waals surface area (Å²) in [6, 6.07) is 6.14. The van der Waals surface area contributed by atoms with Gasteiger partial charge in [0.1, 0.15) is 5.82 Å². The molecule has 3 nitrogen and oxygen atoms in total. The largest absolute Gasteiger partial charge is 0.481 e. The van der Waals surface area contributed by atoms with Crippen LogP contribution in [-0.4, -0.2) is 24.2 Å². The zero-order chi connectivity index (χ0) is 12.8. The monoisotopic (exact) mass is 239 g/mol. The molecule has 17 heavy (non-hydrogen) atoms. The number of anilines is 1. The van der Waals surface area contributed by atoms with E-state index in [-0.39, 0.29) is 12.2 Å². The molecule has 0 aliphatic rings. The van der Waals surface area contributed by atoms with Crippen molar-refractivity contribution in [1.82, 2.24) is 0 Å². The van der Waals surface area contributed by atoms with E-state index in [0.717, 1.165) is 12.2 Å². The Balaban J connectivity index is 2.74. The first-order valence-corrected chi connectivity index (χ1v) is 5.71. The molecule has 0 amide bonds. The molecule has 94 valence electrons. The zero-order valence-electron chi connectivity index (χ0n) is 10.2. The molecule has 0 radical (unpaired) electrons. The van der Waals surface area contributed by atoms with Gasteiger partial charge < -0.3 is 10.0 Å². The molecule has 0 spiro atoms. The number of carboxylic acid groups (broad SMARTS) is 1. The van der Waals surface area contributed by atoms with Crippen molar-refractivity contribution in [2.75, 3.05) is 18.0 Å². The average molecular weight is 239 g/mol. The summed E-state index contributed by atoms with van der Waals surface area (Å²) in [5, 5.41) is 8.70. The molecule has 1 aromatic rings. The van der Waals surface area contributed by atoms with E-state index in [0.29, 0.717) is 12.5 Å². The number of benzene rings is 1. The fourth-order valence-corrected chi connectivity index (χ4v) is 1.65. The SMILES string of the molecule is CC(C)CN(CCC(=O)O)c1ccc(F)cc1. The van der Waals surface area contributed by atoms with Gasteiger partial charge in [0.2, 0.25) is 0 Å². The summed E-state index contributed by atoms with van der Waals surface area (Å²) in [6.07, 6.45) is 0.0874. The van der Waals surface area contributed by atoms with Crippen molar-refractivity contribution < 1.29 is 14.3 Å². The van der Waals surface area contributed by atoms with Crippen LogP contribution in [0.15, 0.2) is 24.3 Å². The minimum absolute atomic E-state index is 0.0874. The Bertz CT molecular complexity index is 362. The molecule has 1 N–H and O–H groups in total. The third-order valence-corrected chi connectivity index (χ3v) is 2.37. The van der Waals surface area contributed by atoms with Crippen LogP contribution >= 0.6 is 0 Å². The quantitative estimate of drug-likeness (QED) is 0.829. The maximum absolute atomic E-state index is 12.8. The second kappa shape index (κ2) is 6.23. The van der Waals surface area contributed by atoms with Crippen molar-refractivity contribution in [2.45, 2.75) is 20.3 Å². The predicted molar refractivity (Wildman–Crippen MR) is 65.7 cm³/mol. The smallest absolute Gasteiger partial charge is 0.305 e. The molecule has 0 aliphatic carbocycles. The molecule has 0 fully saturated rings. The van der Waals surface area contributed by atoms with Gasteiger partial charge in [0.25, 0.3) is 0 Å². The lowest BCUT2D eigenvalue weighted by atomic mass is 10.1. The summed E-state index contributed by atoms with van der Waals surface area (Å²) in [5.41, 5.74) is 0.862. The molecule has 1 aromatic carbocycles. The van der Waals surface area contributed by atoms with Crippen molar-refractivity contribution in [3.63, 3.8) is 0 Å². The summed E-state index contributed by atoms with van der Waals surface area (Å²) >= 11 is 0. The Morgan fingerprint density at radius 3 is 2.41 bits per heavy atom. The molecule has 1 rings (SSSR count). The van der Waals surface area contributed by atoms with Crippen LogP contribution in [0.25, 0.3) is 0 Å². The second-order valence-corrected chi connectivity index (χ2v) is 4.46. The van der Waals surface area contributed by atoms with Gasteiger partial charge in [-0.3, -0.25) is 4.79 Å². The van der Waals surface area contributed by atoms with E-state index in [1.54, 1.807) is 12.1 Å². The molecular weight excluding hydrogens is 221 g/mol. The summed E-state index contributed by atoms with van der Waals surface area (Å²) in [5.74, 6) is -0.675. The Kier molecular flexibility index (Phi) is 4.94. The molecule has 0 bridgehead atoms. The van der Waals surface area contributed by atoms with E-state index in [2.05, 4.69) is 13.8 Å². The predicted octanol–water partition coefficient (Wildman–Crippen LogP) is 2.76. The van der Waals surface area contributed by atoms with Crippen molar-refractivity contribution in [3.8, 4) is 0 Å². The third kappa shape index (κ3) is 4.85. The van der Waals surface area contributed by atoms with Crippen LogP contribution in [0, 0.1) is 11.7 Å². The van der Waals surface area contributed by atoms with E-state index in [4.69, 9.17) is 5.11 Å². The Morgan fingerprint density at radius 1 is 1.35 bits per heavy atom. The van der Waals surface area contributed by atoms with Crippen LogP contribution in [0.1, 0.15) is 20.3 Å². The summed E-state index contributed by atoms with van der Waals surface area (Å²) in [7, 11) is 0. The minimum atomic E-state index is -0.819. The highest BCUT2D eigenvalue weighted by atomic mass is 19.1. The third-order valence-electron chi connectivity index (χ3n) is 2.37. The molecule has 0 unspecified atom stereocenters. The number of hydrogen-bond donors (Lipinski definition) is 1. The number of aliphatic carboxylic acids is 1. The van der Waals surface area contributed by atoms with Crippen LogP contribution < -0.4 is 4.90 Å². The van der Waals surface area contributed by atoms with Crippen LogP contribution in [0.2, 0.25) is 0 Å². The number of carboxylic acids is 1. The number of rotatable bonds is 6. The van der Waals surface area contributed by atoms with Gasteiger partial charge >= 0.3 is 5.97 Å². The van der Waals surface area contributed by atoms with Gasteiger partial charge in [-0.25, -0.2) is 4.39 Å². The van der Waals surface area contributed by atoms with E-state index in [1.165, 1.54) is 12.1 Å². The van der Waals surface area contributed by atoms with Crippen LogP contribution in [0.5, 0.6) is 0 Å². The lowest BCUT2D eigenvalue weighted by Gasteiger charge is -2.26. The first-order valence-electron chi connectivity index (χ1n) is 5.71. The molecule has 0 heterocycles. The van der Waals surface area contributed by atoms with Gasteiger partial charge in [-0.15, -0.1) is 0 Å². The van der Waals surface area contributed by atoms with Crippen molar-refractivity contribution in [2.24, 2.45) is 5.92 Å². The Labute approximate surface area is 101 Å². The lowest BCUT2D eigenvalue weighted by Crippen LogP contribution is -2.29. The number of hydrogen-bond acceptors (Lipinski definition) is 2. The number of halogens is 1. The van der Waals surface area contributed by atoms with Crippen LogP contribution in [-0.2, 0) is 4.79 Å². The van der Waals surface area contributed by atoms with Crippen LogP contribution in [0.3, 0.4) is 0 Å². The maximum atomic E-state index is 12.8. The Morgan fingerprint density at radius 2 is 1.94 bits per heavy atom. The van der Waals surface area contributed by atoms with Crippen molar-refractivity contribution in [1.29, 1.82) is 0 Å². The zero-order valence-corrected chi connectivity index (χ0v) is 10.2. The number of nitrogens with zero attached hydrogens (tertiary/aromatic N) is 1. The molecule has 0 aromatic heterocycles. The van der Waals surface area contributed by atoms with Gasteiger partial charge in [0.05, 0.1) is 6.42 Å². The van der Waals surface area contributed by atoms with E-state index in [1.807, 2.05) is 4.90 Å². The minimum Gasteiger partial charge on any atom is -0.481 e. The highest BCUT2D eigenvalue weighted by Crippen LogP contribution is 2.16. The maximum Gasteiger partial charge on any atom is 0.305 e. The van der Waals surface area contributed by atoms with E-state index < -0.39 is 5.97 Å². The summed E-state index contributed by atoms with van der Waals surface area (Å²) in [6.45, 7) is 5.34. The standard InChI is InChI=1S/C13H18FNO2/c1-10(2)9-15(8-7-13(16)17)12-5-3-11(14)4-6-12/h3-6,10H,7-9H2,1-2H3,(H,16,17). The van der Waals surface area contributed by atoms with Gasteiger partial charge in [0, 0.05) is 18.8 Å². The first kappa shape index (κ1) is 13.5. The summed E-state index contributed by atoms with van der Waals surface area (Å²) in [4.78, 5) is 12.6. The molecule has 0 aliphatic heterocycles. The molecule has 0 saturated carbocycles. The van der Waals surface area contributed by atoms with E-state index in [9.17, 15) is 9.18 Å². The fraction of sp³-hybridized carbons (Fsp3) is 0.462. The van der Waals surface area contributed by atoms with Gasteiger partial charge in [-0.2, -0.15) is 0 Å². The molecular formula is C13H18FNO2. The van der Waals surface area contributed by atoms with E-state index >= 15 is 0 Å². The summed E-state index contributed by atoms with van der Waals surface area (Å²) < 4.78 is 12.8. The van der Waals surface area contributed by atoms with Gasteiger partial charge in [0.15, 0.2) is 0 Å². The lowest BCUT2D eigenvalue weighted by molar-refractivity contribution is -0.136. The Hall–Kier alpha value is -1.58. The molecule has 4 heteroatoms. The van der Waals surface area contributed by atoms with Crippen molar-refractivity contribution >= 4 is 11.7 Å². The molecule has 0 atom stereocenters. The highest BCUT2D eigenvalue weighted by Gasteiger charge is 2.10. The van der Waals surface area contributed by atoms with Crippen molar-refractivity contribution in [3.05, 3.63) is 30.1 Å². The second-order valence-electron chi connectivity index (χ2n) is 4.46. The first-order chi connectivity index (χ1) is 7.99. The van der Waals surface area contributed by atoms with Crippen LogP contribution in [0.4, 0.5) is 10.1 Å². The highest BCUT2D eigenvalue weighted by molar-refractivity contribution is 5.67. The fourth-order valence-electron chi connectivity index (χ4n) is 1.65. The van der Waals surface area contributed by atoms with Gasteiger partial charge in [-0.05, 0) is 30.2 Å². The normalized spacial score (nSPS) is 10.6. The topological polar surface area (TPSA) is 40.5 Å².